The average Bonchev–Trinajstić information content (AvgIpc) is 3.08. The minimum Gasteiger partial charge on any atom is -0.377 e. The summed E-state index contributed by atoms with van der Waals surface area (Å²) in [7, 11) is 0. The van der Waals surface area contributed by atoms with E-state index < -0.39 is 5.54 Å². The molecule has 3 N–H and O–H groups in total. The summed E-state index contributed by atoms with van der Waals surface area (Å²) >= 11 is 0. The third kappa shape index (κ3) is 1.98. The van der Waals surface area contributed by atoms with Crippen molar-refractivity contribution in [3.05, 3.63) is 0 Å². The molecule has 6 heteroatoms. The van der Waals surface area contributed by atoms with Gasteiger partial charge in [0.1, 0.15) is 5.54 Å². The molecule has 6 atom stereocenters. The zero-order chi connectivity index (χ0) is 14.8. The van der Waals surface area contributed by atoms with Gasteiger partial charge in [-0.2, -0.15) is 0 Å². The molecule has 1 amide bonds. The Kier molecular flexibility index (Phi) is 4.00. The number of amides is 1. The van der Waals surface area contributed by atoms with Crippen molar-refractivity contribution in [2.24, 2.45) is 17.1 Å². The molecule has 1 aliphatic carbocycles. The van der Waals surface area contributed by atoms with Gasteiger partial charge in [0.15, 0.2) is 0 Å². The first kappa shape index (κ1) is 16.5. The second kappa shape index (κ2) is 5.33. The maximum absolute atomic E-state index is 12.9. The molecule has 3 heterocycles. The number of nitrogens with two attached hydrogens (primary N) is 1. The normalized spacial score (nSPS) is 48.0. The summed E-state index contributed by atoms with van der Waals surface area (Å²) < 4.78 is 11.7. The molecule has 6 unspecified atom stereocenters. The minimum absolute atomic E-state index is 0. The molecule has 4 aliphatic rings. The highest BCUT2D eigenvalue weighted by Gasteiger charge is 2.70. The van der Waals surface area contributed by atoms with E-state index in [4.69, 9.17) is 15.2 Å². The van der Waals surface area contributed by atoms with E-state index in [2.05, 4.69) is 19.2 Å². The van der Waals surface area contributed by atoms with Gasteiger partial charge in [-0.25, -0.2) is 0 Å². The molecule has 4 rings (SSSR count). The van der Waals surface area contributed by atoms with E-state index in [0.29, 0.717) is 6.10 Å². The van der Waals surface area contributed by atoms with Crippen LogP contribution in [0.3, 0.4) is 0 Å². The van der Waals surface area contributed by atoms with Crippen molar-refractivity contribution >= 4 is 18.3 Å². The molecule has 0 aromatic heterocycles. The fourth-order valence-electron chi connectivity index (χ4n) is 5.11. The summed E-state index contributed by atoms with van der Waals surface area (Å²) in [5, 5.41) is 3.20. The van der Waals surface area contributed by atoms with E-state index in [0.717, 1.165) is 38.7 Å². The van der Waals surface area contributed by atoms with Gasteiger partial charge >= 0.3 is 0 Å². The number of halogens is 1. The third-order valence-electron chi connectivity index (χ3n) is 6.48. The molecular weight excluding hydrogens is 304 g/mol. The van der Waals surface area contributed by atoms with E-state index in [1.54, 1.807) is 0 Å². The molecule has 3 aliphatic heterocycles. The van der Waals surface area contributed by atoms with Crippen molar-refractivity contribution < 1.29 is 14.3 Å². The lowest BCUT2D eigenvalue weighted by atomic mass is 9.46. The second-order valence-electron chi connectivity index (χ2n) is 7.82. The first-order valence-corrected chi connectivity index (χ1v) is 8.31. The van der Waals surface area contributed by atoms with Crippen LogP contribution in [0.15, 0.2) is 0 Å². The van der Waals surface area contributed by atoms with Gasteiger partial charge in [0.2, 0.25) is 5.91 Å². The van der Waals surface area contributed by atoms with E-state index in [1.165, 1.54) is 0 Å². The molecular formula is C16H27ClN2O3. The van der Waals surface area contributed by atoms with E-state index in [1.807, 2.05) is 0 Å². The fraction of sp³-hybridized carbons (Fsp3) is 0.938. The van der Waals surface area contributed by atoms with Crippen molar-refractivity contribution in [2.75, 3.05) is 6.61 Å². The number of hydrogen-bond donors (Lipinski definition) is 2. The monoisotopic (exact) mass is 330 g/mol. The molecule has 0 aromatic rings. The van der Waals surface area contributed by atoms with Crippen LogP contribution in [0.5, 0.6) is 0 Å². The molecule has 4 fully saturated rings. The summed E-state index contributed by atoms with van der Waals surface area (Å²) in [5.74, 6) is 0.154. The van der Waals surface area contributed by atoms with Crippen LogP contribution in [0.1, 0.15) is 46.0 Å². The molecule has 2 bridgehead atoms. The van der Waals surface area contributed by atoms with Crippen LogP contribution in [-0.2, 0) is 14.3 Å². The van der Waals surface area contributed by atoms with Crippen LogP contribution in [0.25, 0.3) is 0 Å². The number of carbonyl (C=O) groups is 1. The quantitative estimate of drug-likeness (QED) is 0.802. The summed E-state index contributed by atoms with van der Waals surface area (Å²) in [6, 6.07) is 0.149. The van der Waals surface area contributed by atoms with Gasteiger partial charge in [-0.15, -0.1) is 12.4 Å². The van der Waals surface area contributed by atoms with Gasteiger partial charge < -0.3 is 20.5 Å². The Labute approximate surface area is 138 Å². The van der Waals surface area contributed by atoms with Crippen molar-refractivity contribution in [3.8, 4) is 0 Å². The highest BCUT2D eigenvalue weighted by atomic mass is 35.5. The van der Waals surface area contributed by atoms with Crippen LogP contribution in [0.2, 0.25) is 0 Å². The summed E-state index contributed by atoms with van der Waals surface area (Å²) in [6.45, 7) is 4.93. The number of rotatable bonds is 2. The van der Waals surface area contributed by atoms with Gasteiger partial charge in [0.05, 0.1) is 24.4 Å². The maximum Gasteiger partial charge on any atom is 0.241 e. The van der Waals surface area contributed by atoms with Crippen LogP contribution >= 0.6 is 12.4 Å². The molecule has 0 spiro atoms. The zero-order valence-electron chi connectivity index (χ0n) is 13.3. The summed E-state index contributed by atoms with van der Waals surface area (Å²) in [6.07, 6.45) is 5.79. The molecule has 126 valence electrons. The van der Waals surface area contributed by atoms with E-state index in [9.17, 15) is 4.79 Å². The summed E-state index contributed by atoms with van der Waals surface area (Å²) in [5.41, 5.74) is 5.51. The smallest absolute Gasteiger partial charge is 0.241 e. The highest BCUT2D eigenvalue weighted by Crippen LogP contribution is 2.57. The molecule has 22 heavy (non-hydrogen) atoms. The fourth-order valence-corrected chi connectivity index (χ4v) is 5.11. The Morgan fingerprint density at radius 3 is 2.68 bits per heavy atom. The zero-order valence-corrected chi connectivity index (χ0v) is 14.2. The van der Waals surface area contributed by atoms with Crippen molar-refractivity contribution in [2.45, 2.75) is 75.8 Å². The predicted molar refractivity (Wildman–Crippen MR) is 84.9 cm³/mol. The minimum atomic E-state index is -0.806. The topological polar surface area (TPSA) is 73.6 Å². The predicted octanol–water partition coefficient (Wildman–Crippen LogP) is 1.38. The van der Waals surface area contributed by atoms with Gasteiger partial charge in [-0.3, -0.25) is 4.79 Å². The lowest BCUT2D eigenvalue weighted by Crippen LogP contribution is -2.82. The second-order valence-corrected chi connectivity index (χ2v) is 7.82. The maximum atomic E-state index is 12.9. The Balaban J connectivity index is 0.00000144. The molecule has 0 aromatic carbocycles. The number of carbonyl (C=O) groups excluding carboxylic acids is 1. The van der Waals surface area contributed by atoms with Gasteiger partial charge in [-0.1, -0.05) is 13.8 Å². The SMILES string of the molecule is CC1(C)C2OCCCC2C1(N)C(=O)NC1CC2CCC1O2.Cl. The van der Waals surface area contributed by atoms with Gasteiger partial charge in [0, 0.05) is 17.9 Å². The van der Waals surface area contributed by atoms with Crippen LogP contribution in [0, 0.1) is 11.3 Å². The van der Waals surface area contributed by atoms with Crippen molar-refractivity contribution in [1.82, 2.24) is 5.32 Å². The van der Waals surface area contributed by atoms with E-state index >= 15 is 0 Å². The first-order valence-electron chi connectivity index (χ1n) is 8.31. The molecule has 1 saturated carbocycles. The Bertz CT molecular complexity index is 472. The lowest BCUT2D eigenvalue weighted by molar-refractivity contribution is -0.225. The molecule has 3 saturated heterocycles. The van der Waals surface area contributed by atoms with Crippen LogP contribution < -0.4 is 11.1 Å². The van der Waals surface area contributed by atoms with E-state index in [-0.39, 0.29) is 47.9 Å². The highest BCUT2D eigenvalue weighted by molar-refractivity contribution is 5.89. The van der Waals surface area contributed by atoms with Crippen LogP contribution in [0.4, 0.5) is 0 Å². The van der Waals surface area contributed by atoms with Gasteiger partial charge in [-0.05, 0) is 32.1 Å². The van der Waals surface area contributed by atoms with Crippen molar-refractivity contribution in [3.63, 3.8) is 0 Å². The first-order chi connectivity index (χ1) is 9.94. The van der Waals surface area contributed by atoms with Crippen LogP contribution in [-0.4, -0.2) is 42.4 Å². The lowest BCUT2D eigenvalue weighted by Gasteiger charge is -2.65. The van der Waals surface area contributed by atoms with Gasteiger partial charge in [0.25, 0.3) is 0 Å². The standard InChI is InChI=1S/C16H26N2O3.ClH/c1-15(2)13-10(4-3-7-20-13)16(15,17)14(19)18-11-8-9-5-6-12(11)21-9;/h9-13H,3-8,17H2,1-2H3,(H,18,19);1H. The number of ether oxygens (including phenoxy) is 2. The Morgan fingerprint density at radius 1 is 1.27 bits per heavy atom. The Morgan fingerprint density at radius 2 is 2.05 bits per heavy atom. The van der Waals surface area contributed by atoms with Crippen molar-refractivity contribution in [1.29, 1.82) is 0 Å². The third-order valence-corrected chi connectivity index (χ3v) is 6.48. The Hall–Kier alpha value is -0.360. The number of hydrogen-bond acceptors (Lipinski definition) is 4. The largest absolute Gasteiger partial charge is 0.377 e. The average molecular weight is 331 g/mol. The number of fused-ring (bicyclic) bond motifs is 3. The summed E-state index contributed by atoms with van der Waals surface area (Å²) in [4.78, 5) is 12.9. The molecule has 5 nitrogen and oxygen atoms in total. The molecule has 0 radical (unpaired) electrons. The number of nitrogens with one attached hydrogen (secondary N) is 1.